The maximum Gasteiger partial charge on any atom is 0.270 e. The van der Waals surface area contributed by atoms with E-state index in [9.17, 15) is 15.2 Å². The number of benzene rings is 1. The lowest BCUT2D eigenvalue weighted by molar-refractivity contribution is -0.384. The zero-order valence-electron chi connectivity index (χ0n) is 12.8. The third kappa shape index (κ3) is 4.99. The zero-order valence-corrected chi connectivity index (χ0v) is 12.8. The zero-order chi connectivity index (χ0) is 15.8. The van der Waals surface area contributed by atoms with Crippen LogP contribution in [0.5, 0.6) is 5.75 Å². The van der Waals surface area contributed by atoms with Gasteiger partial charge in [0.15, 0.2) is 0 Å². The quantitative estimate of drug-likeness (QED) is 0.540. The number of nitro benzene ring substituents is 1. The van der Waals surface area contributed by atoms with Crippen LogP contribution in [0.2, 0.25) is 0 Å². The van der Waals surface area contributed by atoms with E-state index < -0.39 is 11.0 Å². The van der Waals surface area contributed by atoms with Crippen LogP contribution in [0.15, 0.2) is 18.2 Å². The number of non-ortho nitro benzene ring substituents is 1. The normalized spacial score (nSPS) is 12.4. The van der Waals surface area contributed by atoms with Crippen molar-refractivity contribution in [2.75, 3.05) is 13.7 Å². The molecule has 0 heterocycles. The SMILES string of the molecule is CCC(CC)C(O)CNCc1cc([N+](=O)[O-])ccc1OC. The molecule has 0 saturated carbocycles. The lowest BCUT2D eigenvalue weighted by Crippen LogP contribution is -2.32. The first-order valence-corrected chi connectivity index (χ1v) is 7.23. The first-order valence-electron chi connectivity index (χ1n) is 7.23. The summed E-state index contributed by atoms with van der Waals surface area (Å²) in [7, 11) is 1.53. The summed E-state index contributed by atoms with van der Waals surface area (Å²) in [5.41, 5.74) is 0.747. The van der Waals surface area contributed by atoms with Crippen LogP contribution in [0.4, 0.5) is 5.69 Å². The van der Waals surface area contributed by atoms with Gasteiger partial charge in [0.2, 0.25) is 0 Å². The van der Waals surface area contributed by atoms with Gasteiger partial charge in [0.05, 0.1) is 18.1 Å². The number of hydrogen-bond donors (Lipinski definition) is 2. The van der Waals surface area contributed by atoms with E-state index in [1.165, 1.54) is 19.2 Å². The summed E-state index contributed by atoms with van der Waals surface area (Å²) in [5, 5.41) is 24.0. The number of ether oxygens (including phenoxy) is 1. The van der Waals surface area contributed by atoms with Crippen LogP contribution in [0, 0.1) is 16.0 Å². The van der Waals surface area contributed by atoms with Crippen molar-refractivity contribution in [3.05, 3.63) is 33.9 Å². The maximum absolute atomic E-state index is 10.8. The van der Waals surface area contributed by atoms with E-state index in [-0.39, 0.29) is 11.6 Å². The van der Waals surface area contributed by atoms with Crippen molar-refractivity contribution in [2.24, 2.45) is 5.92 Å². The number of nitrogens with one attached hydrogen (secondary N) is 1. The van der Waals surface area contributed by atoms with Crippen LogP contribution in [0.3, 0.4) is 0 Å². The molecule has 0 amide bonds. The van der Waals surface area contributed by atoms with Crippen LogP contribution in [-0.2, 0) is 6.54 Å². The fraction of sp³-hybridized carbons (Fsp3) is 0.600. The molecule has 1 atom stereocenters. The van der Waals surface area contributed by atoms with Gasteiger partial charge in [-0.05, 0) is 12.0 Å². The number of aliphatic hydroxyl groups excluding tert-OH is 1. The Labute approximate surface area is 125 Å². The maximum atomic E-state index is 10.8. The Bertz CT molecular complexity index is 461. The van der Waals surface area contributed by atoms with Gasteiger partial charge in [0.1, 0.15) is 5.75 Å². The van der Waals surface area contributed by atoms with E-state index in [2.05, 4.69) is 19.2 Å². The number of aliphatic hydroxyl groups is 1. The van der Waals surface area contributed by atoms with Gasteiger partial charge in [-0.15, -0.1) is 0 Å². The Balaban J connectivity index is 2.65. The van der Waals surface area contributed by atoms with E-state index in [4.69, 9.17) is 4.74 Å². The van der Waals surface area contributed by atoms with Gasteiger partial charge in [-0.25, -0.2) is 0 Å². The first kappa shape index (κ1) is 17.4. The molecule has 1 aromatic carbocycles. The van der Waals surface area contributed by atoms with Gasteiger partial charge in [0.25, 0.3) is 5.69 Å². The summed E-state index contributed by atoms with van der Waals surface area (Å²) in [6.07, 6.45) is 1.45. The number of nitrogens with zero attached hydrogens (tertiary/aromatic N) is 1. The van der Waals surface area contributed by atoms with Gasteiger partial charge < -0.3 is 15.2 Å². The molecule has 0 aromatic heterocycles. The van der Waals surface area contributed by atoms with Gasteiger partial charge in [-0.2, -0.15) is 0 Å². The van der Waals surface area contributed by atoms with Crippen LogP contribution in [0.1, 0.15) is 32.3 Å². The predicted octanol–water partition coefficient (Wildman–Crippen LogP) is 2.49. The molecule has 0 saturated heterocycles. The second-order valence-corrected chi connectivity index (χ2v) is 5.03. The molecule has 0 radical (unpaired) electrons. The molecule has 6 nitrogen and oxygen atoms in total. The molecule has 1 rings (SSSR count). The Kier molecular flexibility index (Phi) is 7.11. The average Bonchev–Trinajstić information content (AvgIpc) is 2.48. The molecule has 6 heteroatoms. The fourth-order valence-electron chi connectivity index (χ4n) is 2.37. The molecular weight excluding hydrogens is 272 g/mol. The van der Waals surface area contributed by atoms with Crippen LogP contribution in [-0.4, -0.2) is 29.8 Å². The Hall–Kier alpha value is -1.66. The van der Waals surface area contributed by atoms with Crippen LogP contribution in [0.25, 0.3) is 0 Å². The molecule has 0 aliphatic heterocycles. The predicted molar refractivity (Wildman–Crippen MR) is 81.4 cm³/mol. The van der Waals surface area contributed by atoms with Crippen LogP contribution < -0.4 is 10.1 Å². The van der Waals surface area contributed by atoms with Crippen molar-refractivity contribution in [2.45, 2.75) is 39.3 Å². The van der Waals surface area contributed by atoms with Crippen molar-refractivity contribution in [1.29, 1.82) is 0 Å². The largest absolute Gasteiger partial charge is 0.496 e. The second-order valence-electron chi connectivity index (χ2n) is 5.03. The van der Waals surface area contributed by atoms with Gasteiger partial charge >= 0.3 is 0 Å². The van der Waals surface area contributed by atoms with Gasteiger partial charge in [-0.1, -0.05) is 26.7 Å². The third-order valence-corrected chi connectivity index (χ3v) is 3.74. The first-order chi connectivity index (χ1) is 10.0. The molecule has 0 fully saturated rings. The highest BCUT2D eigenvalue weighted by atomic mass is 16.6. The van der Waals surface area contributed by atoms with Crippen molar-refractivity contribution < 1.29 is 14.8 Å². The smallest absolute Gasteiger partial charge is 0.270 e. The Morgan fingerprint density at radius 3 is 2.57 bits per heavy atom. The summed E-state index contributed by atoms with van der Waals surface area (Å²) in [4.78, 5) is 10.4. The topological polar surface area (TPSA) is 84.6 Å². The Morgan fingerprint density at radius 1 is 1.38 bits per heavy atom. The fourth-order valence-corrected chi connectivity index (χ4v) is 2.37. The summed E-state index contributed by atoms with van der Waals surface area (Å²) >= 11 is 0. The molecule has 0 aliphatic rings. The minimum Gasteiger partial charge on any atom is -0.496 e. The van der Waals surface area contributed by atoms with Crippen molar-refractivity contribution in [3.8, 4) is 5.75 Å². The highest BCUT2D eigenvalue weighted by Gasteiger charge is 2.16. The minimum absolute atomic E-state index is 0.0353. The molecule has 2 N–H and O–H groups in total. The molecule has 0 bridgehead atoms. The number of hydrogen-bond acceptors (Lipinski definition) is 5. The summed E-state index contributed by atoms with van der Waals surface area (Å²) in [5.74, 6) is 0.870. The van der Waals surface area contributed by atoms with E-state index in [0.717, 1.165) is 12.8 Å². The molecule has 0 spiro atoms. The molecule has 0 aliphatic carbocycles. The number of rotatable bonds is 9. The van der Waals surface area contributed by atoms with Crippen molar-refractivity contribution in [1.82, 2.24) is 5.32 Å². The van der Waals surface area contributed by atoms with E-state index in [0.29, 0.717) is 24.4 Å². The monoisotopic (exact) mass is 296 g/mol. The summed E-state index contributed by atoms with van der Waals surface area (Å²) < 4.78 is 5.20. The molecular formula is C15H24N2O4. The average molecular weight is 296 g/mol. The molecule has 118 valence electrons. The number of nitro groups is 1. The standard InChI is InChI=1S/C15H24N2O4/c1-4-11(5-2)14(18)10-16-9-12-8-13(17(19)20)6-7-15(12)21-3/h6-8,11,14,16,18H,4-5,9-10H2,1-3H3. The van der Waals surface area contributed by atoms with E-state index >= 15 is 0 Å². The lowest BCUT2D eigenvalue weighted by atomic mass is 9.96. The van der Waals surface area contributed by atoms with Crippen molar-refractivity contribution in [3.63, 3.8) is 0 Å². The second kappa shape index (κ2) is 8.59. The summed E-state index contributed by atoms with van der Waals surface area (Å²) in [6.45, 7) is 4.99. The van der Waals surface area contributed by atoms with E-state index in [1.807, 2.05) is 0 Å². The molecule has 21 heavy (non-hydrogen) atoms. The minimum atomic E-state index is -0.429. The van der Waals surface area contributed by atoms with E-state index in [1.54, 1.807) is 6.07 Å². The third-order valence-electron chi connectivity index (χ3n) is 3.74. The van der Waals surface area contributed by atoms with Crippen molar-refractivity contribution >= 4 is 5.69 Å². The highest BCUT2D eigenvalue weighted by molar-refractivity contribution is 5.43. The Morgan fingerprint density at radius 2 is 2.05 bits per heavy atom. The van der Waals surface area contributed by atoms with Gasteiger partial charge in [-0.3, -0.25) is 10.1 Å². The highest BCUT2D eigenvalue weighted by Crippen LogP contribution is 2.23. The van der Waals surface area contributed by atoms with Gasteiger partial charge in [0, 0.05) is 30.8 Å². The lowest BCUT2D eigenvalue weighted by Gasteiger charge is -2.20. The molecule has 1 aromatic rings. The van der Waals surface area contributed by atoms with Crippen LogP contribution >= 0.6 is 0 Å². The summed E-state index contributed by atoms with van der Waals surface area (Å²) in [6, 6.07) is 4.50. The molecule has 1 unspecified atom stereocenters. The number of methoxy groups -OCH3 is 1.